The lowest BCUT2D eigenvalue weighted by molar-refractivity contribution is -0.00000178. The summed E-state index contributed by atoms with van der Waals surface area (Å²) in [5.41, 5.74) is 0. The molecule has 1 aliphatic rings. The minimum Gasteiger partial charge on any atom is -1.00 e. The van der Waals surface area contributed by atoms with Crippen molar-refractivity contribution < 1.29 is 24.0 Å². The van der Waals surface area contributed by atoms with Crippen LogP contribution in [0.25, 0.3) is 0 Å². The molecule has 0 aromatic heterocycles. The Morgan fingerprint density at radius 1 is 1.22 bits per heavy atom. The summed E-state index contributed by atoms with van der Waals surface area (Å²) in [5, 5.41) is 0. The van der Waals surface area contributed by atoms with E-state index >= 15 is 0 Å². The van der Waals surface area contributed by atoms with Gasteiger partial charge in [0.05, 0.1) is 0 Å². The Hall–Kier alpha value is 1.08. The van der Waals surface area contributed by atoms with Gasteiger partial charge in [-0.25, -0.2) is 0 Å². The van der Waals surface area contributed by atoms with Gasteiger partial charge in [0.15, 0.2) is 0 Å². The molecule has 0 aliphatic carbocycles. The molecule has 0 nitrogen and oxygen atoms in total. The highest BCUT2D eigenvalue weighted by molar-refractivity contribution is 7.97. The molecule has 0 aromatic rings. The van der Waals surface area contributed by atoms with Crippen LogP contribution in [0.2, 0.25) is 0 Å². The first kappa shape index (κ1) is 10.1. The maximum atomic E-state index is 2.30. The standard InChI is InChI=1S/C7H15S.HI/c1-2-5-8-6-3-4-7-8;/h2-7H2,1H3;1H/q+1;/p-1. The molecule has 0 atom stereocenters. The Bertz CT molecular complexity index is 59.9. The van der Waals surface area contributed by atoms with E-state index < -0.39 is 0 Å². The first-order valence-electron chi connectivity index (χ1n) is 3.57. The lowest BCUT2D eigenvalue weighted by Crippen LogP contribution is -3.00. The van der Waals surface area contributed by atoms with Gasteiger partial charge < -0.3 is 24.0 Å². The predicted molar refractivity (Wildman–Crippen MR) is 41.5 cm³/mol. The second kappa shape index (κ2) is 5.83. The Morgan fingerprint density at radius 3 is 2.22 bits per heavy atom. The average molecular weight is 258 g/mol. The van der Waals surface area contributed by atoms with Crippen LogP contribution in [0.1, 0.15) is 26.2 Å². The second-order valence-electron chi connectivity index (χ2n) is 2.43. The summed E-state index contributed by atoms with van der Waals surface area (Å²) in [5.74, 6) is 4.61. The molecule has 0 bridgehead atoms. The van der Waals surface area contributed by atoms with Crippen molar-refractivity contribution in [3.05, 3.63) is 0 Å². The maximum absolute atomic E-state index is 2.30. The van der Waals surface area contributed by atoms with Crippen molar-refractivity contribution in [3.63, 3.8) is 0 Å². The minimum absolute atomic E-state index is 0. The van der Waals surface area contributed by atoms with Gasteiger partial charge in [-0.2, -0.15) is 0 Å². The van der Waals surface area contributed by atoms with Crippen molar-refractivity contribution in [1.82, 2.24) is 0 Å². The van der Waals surface area contributed by atoms with Crippen molar-refractivity contribution in [2.45, 2.75) is 26.2 Å². The highest BCUT2D eigenvalue weighted by Crippen LogP contribution is 2.13. The Morgan fingerprint density at radius 2 is 1.78 bits per heavy atom. The molecule has 0 saturated carbocycles. The average Bonchev–Trinajstić information content (AvgIpc) is 2.19. The molecule has 0 amide bonds. The monoisotopic (exact) mass is 258 g/mol. The second-order valence-corrected chi connectivity index (χ2v) is 4.88. The molecule has 9 heavy (non-hydrogen) atoms. The first-order chi connectivity index (χ1) is 3.93. The molecular weight excluding hydrogens is 243 g/mol. The summed E-state index contributed by atoms with van der Waals surface area (Å²) in [6, 6.07) is 0. The van der Waals surface area contributed by atoms with Gasteiger partial charge in [0, 0.05) is 0 Å². The third-order valence-corrected chi connectivity index (χ3v) is 4.33. The zero-order valence-electron chi connectivity index (χ0n) is 6.03. The Kier molecular flexibility index (Phi) is 6.53. The zero-order valence-corrected chi connectivity index (χ0v) is 9.00. The van der Waals surface area contributed by atoms with E-state index in [-0.39, 0.29) is 24.0 Å². The largest absolute Gasteiger partial charge is 1.00 e. The lowest BCUT2D eigenvalue weighted by Gasteiger charge is -1.94. The molecule has 1 fully saturated rings. The minimum atomic E-state index is 0. The normalized spacial score (nSPS) is 19.7. The van der Waals surface area contributed by atoms with E-state index in [4.69, 9.17) is 0 Å². The summed E-state index contributed by atoms with van der Waals surface area (Å²) in [6.45, 7) is 2.30. The molecule has 56 valence electrons. The SMILES string of the molecule is CCC[S+]1CCCC1.[I-]. The fraction of sp³-hybridized carbons (Fsp3) is 1.00. The molecular formula is C7H15IS. The Balaban J connectivity index is 0.000000640. The third kappa shape index (κ3) is 3.71. The van der Waals surface area contributed by atoms with Crippen LogP contribution in [-0.2, 0) is 10.9 Å². The van der Waals surface area contributed by atoms with Crippen LogP contribution in [0.5, 0.6) is 0 Å². The van der Waals surface area contributed by atoms with Gasteiger partial charge in [-0.15, -0.1) is 0 Å². The van der Waals surface area contributed by atoms with Gasteiger partial charge in [0.1, 0.15) is 17.3 Å². The molecule has 1 aliphatic heterocycles. The van der Waals surface area contributed by atoms with Crippen LogP contribution < -0.4 is 24.0 Å². The molecule has 0 unspecified atom stereocenters. The van der Waals surface area contributed by atoms with Crippen LogP contribution in [0.15, 0.2) is 0 Å². The van der Waals surface area contributed by atoms with Crippen LogP contribution >= 0.6 is 0 Å². The summed E-state index contributed by atoms with van der Waals surface area (Å²) >= 11 is 0. The van der Waals surface area contributed by atoms with Crippen LogP contribution in [-0.4, -0.2) is 17.3 Å². The molecule has 2 heteroatoms. The maximum Gasteiger partial charge on any atom is 0.108 e. The van der Waals surface area contributed by atoms with Gasteiger partial charge >= 0.3 is 0 Å². The van der Waals surface area contributed by atoms with Crippen LogP contribution in [0.4, 0.5) is 0 Å². The number of halogens is 1. The van der Waals surface area contributed by atoms with Crippen LogP contribution in [0, 0.1) is 0 Å². The van der Waals surface area contributed by atoms with Crippen molar-refractivity contribution >= 4 is 10.9 Å². The molecule has 0 radical (unpaired) electrons. The fourth-order valence-corrected chi connectivity index (χ4v) is 3.62. The third-order valence-electron chi connectivity index (χ3n) is 1.61. The smallest absolute Gasteiger partial charge is 0.108 e. The molecule has 1 heterocycles. The lowest BCUT2D eigenvalue weighted by atomic mass is 10.4. The molecule has 0 spiro atoms. The highest BCUT2D eigenvalue weighted by Gasteiger charge is 2.21. The highest BCUT2D eigenvalue weighted by atomic mass is 127. The van der Waals surface area contributed by atoms with E-state index in [2.05, 4.69) is 6.92 Å². The zero-order chi connectivity index (χ0) is 5.82. The number of hydrogen-bond donors (Lipinski definition) is 0. The van der Waals surface area contributed by atoms with E-state index in [9.17, 15) is 0 Å². The van der Waals surface area contributed by atoms with E-state index in [1.807, 2.05) is 0 Å². The summed E-state index contributed by atoms with van der Waals surface area (Å²) in [7, 11) is 0.873. The topological polar surface area (TPSA) is 0 Å². The molecule has 0 aromatic carbocycles. The van der Waals surface area contributed by atoms with E-state index in [0.29, 0.717) is 0 Å². The first-order valence-corrected chi connectivity index (χ1v) is 5.31. The van der Waals surface area contributed by atoms with E-state index in [1.54, 1.807) is 11.5 Å². The van der Waals surface area contributed by atoms with Gasteiger partial charge in [0.25, 0.3) is 0 Å². The summed E-state index contributed by atoms with van der Waals surface area (Å²) in [6.07, 6.45) is 4.44. The van der Waals surface area contributed by atoms with E-state index in [1.165, 1.54) is 25.0 Å². The molecule has 1 rings (SSSR count). The Labute approximate surface area is 78.2 Å². The van der Waals surface area contributed by atoms with Gasteiger partial charge in [-0.3, -0.25) is 0 Å². The number of rotatable bonds is 2. The van der Waals surface area contributed by atoms with Crippen molar-refractivity contribution in [1.29, 1.82) is 0 Å². The van der Waals surface area contributed by atoms with E-state index in [0.717, 1.165) is 10.9 Å². The van der Waals surface area contributed by atoms with Crippen molar-refractivity contribution in [2.75, 3.05) is 17.3 Å². The molecule has 0 N–H and O–H groups in total. The van der Waals surface area contributed by atoms with Gasteiger partial charge in [-0.05, 0) is 30.2 Å². The fourth-order valence-electron chi connectivity index (χ4n) is 1.21. The van der Waals surface area contributed by atoms with Crippen molar-refractivity contribution in [3.8, 4) is 0 Å². The van der Waals surface area contributed by atoms with Gasteiger partial charge in [-0.1, -0.05) is 6.92 Å². The molecule has 1 saturated heterocycles. The summed E-state index contributed by atoms with van der Waals surface area (Å²) < 4.78 is 0. The van der Waals surface area contributed by atoms with Crippen molar-refractivity contribution in [2.24, 2.45) is 0 Å². The number of hydrogen-bond acceptors (Lipinski definition) is 0. The summed E-state index contributed by atoms with van der Waals surface area (Å²) in [4.78, 5) is 0. The quantitative estimate of drug-likeness (QED) is 0.432. The predicted octanol–water partition coefficient (Wildman–Crippen LogP) is -1.19. The van der Waals surface area contributed by atoms with Crippen LogP contribution in [0.3, 0.4) is 0 Å². The van der Waals surface area contributed by atoms with Gasteiger partial charge in [0.2, 0.25) is 0 Å².